The molecule has 0 amide bonds. The molecule has 0 aromatic heterocycles. The van der Waals surface area contributed by atoms with Crippen LogP contribution in [0.4, 0.5) is 17.1 Å². The van der Waals surface area contributed by atoms with E-state index in [1.54, 1.807) is 12.1 Å². The number of hydrogen-bond donors (Lipinski definition) is 2. The summed E-state index contributed by atoms with van der Waals surface area (Å²) in [7, 11) is 0. The van der Waals surface area contributed by atoms with Gasteiger partial charge in [-0.3, -0.25) is 10.1 Å². The zero-order valence-electron chi connectivity index (χ0n) is 12.9. The Balaban J connectivity index is 2.12. The predicted molar refractivity (Wildman–Crippen MR) is 86.9 cm³/mol. The smallest absolute Gasteiger partial charge is 0.315 e. The zero-order chi connectivity index (χ0) is 15.2. The highest BCUT2D eigenvalue weighted by atomic mass is 16.6. The van der Waals surface area contributed by atoms with E-state index in [4.69, 9.17) is 0 Å². The van der Waals surface area contributed by atoms with Gasteiger partial charge in [0, 0.05) is 13.1 Å². The van der Waals surface area contributed by atoms with E-state index in [0.29, 0.717) is 23.2 Å². The second-order valence-electron chi connectivity index (χ2n) is 5.93. The number of nitro groups is 1. The maximum Gasteiger partial charge on any atom is 0.315 e. The maximum absolute atomic E-state index is 11.4. The number of nitrogens with zero attached hydrogens (tertiary/aromatic N) is 1. The van der Waals surface area contributed by atoms with Crippen LogP contribution in [0, 0.1) is 22.0 Å². The van der Waals surface area contributed by atoms with Crippen LogP contribution in [0.3, 0.4) is 0 Å². The third-order valence-corrected chi connectivity index (χ3v) is 4.38. The molecule has 116 valence electrons. The number of nitrogens with one attached hydrogen (secondary N) is 2. The van der Waals surface area contributed by atoms with E-state index < -0.39 is 0 Å². The van der Waals surface area contributed by atoms with E-state index in [2.05, 4.69) is 17.6 Å². The molecule has 0 heterocycles. The van der Waals surface area contributed by atoms with Crippen molar-refractivity contribution in [3.63, 3.8) is 0 Å². The molecule has 0 saturated heterocycles. The van der Waals surface area contributed by atoms with Crippen LogP contribution in [0.15, 0.2) is 18.2 Å². The molecule has 2 unspecified atom stereocenters. The van der Waals surface area contributed by atoms with Gasteiger partial charge in [0.2, 0.25) is 0 Å². The number of hydrogen-bond acceptors (Lipinski definition) is 4. The first-order chi connectivity index (χ1) is 10.1. The summed E-state index contributed by atoms with van der Waals surface area (Å²) in [6.45, 7) is 5.87. The summed E-state index contributed by atoms with van der Waals surface area (Å²) < 4.78 is 0. The first kappa shape index (κ1) is 15.6. The van der Waals surface area contributed by atoms with E-state index >= 15 is 0 Å². The van der Waals surface area contributed by atoms with Crippen LogP contribution in [0.5, 0.6) is 0 Å². The van der Waals surface area contributed by atoms with Crippen LogP contribution in [0.25, 0.3) is 0 Å². The Labute approximate surface area is 126 Å². The van der Waals surface area contributed by atoms with Crippen molar-refractivity contribution in [2.75, 3.05) is 23.7 Å². The summed E-state index contributed by atoms with van der Waals surface area (Å²) in [5, 5.41) is 17.8. The largest absolute Gasteiger partial charge is 0.379 e. The van der Waals surface area contributed by atoms with Crippen LogP contribution in [-0.2, 0) is 0 Å². The lowest BCUT2D eigenvalue weighted by Gasteiger charge is -2.17. The molecule has 5 heteroatoms. The molecule has 0 radical (unpaired) electrons. The Morgan fingerprint density at radius 2 is 2.00 bits per heavy atom. The summed E-state index contributed by atoms with van der Waals surface area (Å²) in [5.41, 5.74) is 1.39. The summed E-state index contributed by atoms with van der Waals surface area (Å²) in [6, 6.07) is 5.44. The lowest BCUT2D eigenvalue weighted by atomic mass is 9.98. The lowest BCUT2D eigenvalue weighted by Crippen LogP contribution is -2.17. The standard InChI is InChI=1S/C16H25N3O2/c1-3-10-17-14-8-5-9-15(16(14)19(20)21)18-11-13-7-4-6-12(13)2/h5,8-9,12-13,17-18H,3-4,6-7,10-11H2,1-2H3. The van der Waals surface area contributed by atoms with E-state index in [1.165, 1.54) is 19.3 Å². The van der Waals surface area contributed by atoms with E-state index in [0.717, 1.165) is 19.5 Å². The van der Waals surface area contributed by atoms with Crippen molar-refractivity contribution in [3.8, 4) is 0 Å². The Hall–Kier alpha value is -1.78. The molecule has 1 aliphatic carbocycles. The van der Waals surface area contributed by atoms with Crippen molar-refractivity contribution in [2.45, 2.75) is 39.5 Å². The first-order valence-corrected chi connectivity index (χ1v) is 7.88. The SMILES string of the molecule is CCCNc1cccc(NCC2CCCC2C)c1[N+](=O)[O-]. The average Bonchev–Trinajstić information content (AvgIpc) is 2.87. The average molecular weight is 291 g/mol. The number of nitro benzene ring substituents is 1. The van der Waals surface area contributed by atoms with Crippen molar-refractivity contribution >= 4 is 17.1 Å². The van der Waals surface area contributed by atoms with Gasteiger partial charge >= 0.3 is 5.69 Å². The molecule has 21 heavy (non-hydrogen) atoms. The second kappa shape index (κ2) is 7.29. The molecule has 5 nitrogen and oxygen atoms in total. The molecule has 1 aliphatic rings. The third kappa shape index (κ3) is 3.86. The summed E-state index contributed by atoms with van der Waals surface area (Å²) in [6.07, 6.45) is 4.70. The Morgan fingerprint density at radius 3 is 2.57 bits per heavy atom. The minimum absolute atomic E-state index is 0.164. The molecule has 2 atom stereocenters. The number of para-hydroxylation sites is 1. The van der Waals surface area contributed by atoms with Gasteiger partial charge in [-0.2, -0.15) is 0 Å². The molecule has 0 bridgehead atoms. The van der Waals surface area contributed by atoms with Crippen molar-refractivity contribution in [1.82, 2.24) is 0 Å². The molecule has 1 aromatic carbocycles. The Kier molecular flexibility index (Phi) is 5.42. The fourth-order valence-electron chi connectivity index (χ4n) is 3.05. The third-order valence-electron chi connectivity index (χ3n) is 4.38. The minimum Gasteiger partial charge on any atom is -0.379 e. The van der Waals surface area contributed by atoms with E-state index in [9.17, 15) is 10.1 Å². The molecule has 0 aliphatic heterocycles. The summed E-state index contributed by atoms with van der Waals surface area (Å²) in [4.78, 5) is 11.1. The van der Waals surface area contributed by atoms with Gasteiger partial charge in [-0.25, -0.2) is 0 Å². The van der Waals surface area contributed by atoms with Crippen LogP contribution in [0.1, 0.15) is 39.5 Å². The van der Waals surface area contributed by atoms with Gasteiger partial charge in [-0.05, 0) is 36.8 Å². The number of anilines is 2. The van der Waals surface area contributed by atoms with E-state index in [1.807, 2.05) is 13.0 Å². The topological polar surface area (TPSA) is 67.2 Å². The number of rotatable bonds is 7. The quantitative estimate of drug-likeness (QED) is 0.581. The van der Waals surface area contributed by atoms with Gasteiger partial charge in [0.1, 0.15) is 11.4 Å². The highest BCUT2D eigenvalue weighted by molar-refractivity contribution is 5.76. The van der Waals surface area contributed by atoms with Crippen molar-refractivity contribution in [1.29, 1.82) is 0 Å². The van der Waals surface area contributed by atoms with Gasteiger partial charge in [0.05, 0.1) is 4.92 Å². The van der Waals surface area contributed by atoms with Gasteiger partial charge in [-0.1, -0.05) is 32.8 Å². The van der Waals surface area contributed by atoms with E-state index in [-0.39, 0.29) is 10.6 Å². The predicted octanol–water partition coefficient (Wildman–Crippen LogP) is 4.26. The zero-order valence-corrected chi connectivity index (χ0v) is 12.9. The molecule has 0 spiro atoms. The summed E-state index contributed by atoms with van der Waals surface area (Å²) >= 11 is 0. The molecule has 1 saturated carbocycles. The van der Waals surface area contributed by atoms with Crippen molar-refractivity contribution in [3.05, 3.63) is 28.3 Å². The monoisotopic (exact) mass is 291 g/mol. The lowest BCUT2D eigenvalue weighted by molar-refractivity contribution is -0.383. The van der Waals surface area contributed by atoms with Crippen molar-refractivity contribution < 1.29 is 4.92 Å². The molecule has 1 fully saturated rings. The molecule has 2 N–H and O–H groups in total. The minimum atomic E-state index is -0.293. The van der Waals surface area contributed by atoms with Crippen LogP contribution in [0.2, 0.25) is 0 Å². The fourth-order valence-corrected chi connectivity index (χ4v) is 3.05. The highest BCUT2D eigenvalue weighted by Gasteiger charge is 2.25. The van der Waals surface area contributed by atoms with Gasteiger partial charge in [-0.15, -0.1) is 0 Å². The molecular formula is C16H25N3O2. The summed E-state index contributed by atoms with van der Waals surface area (Å²) in [5.74, 6) is 1.33. The first-order valence-electron chi connectivity index (χ1n) is 7.88. The van der Waals surface area contributed by atoms with Crippen molar-refractivity contribution in [2.24, 2.45) is 11.8 Å². The van der Waals surface area contributed by atoms with Crippen LogP contribution >= 0.6 is 0 Å². The van der Waals surface area contributed by atoms with Gasteiger partial charge in [0.25, 0.3) is 0 Å². The highest BCUT2D eigenvalue weighted by Crippen LogP contribution is 2.35. The molecule has 2 rings (SSSR count). The van der Waals surface area contributed by atoms with Crippen LogP contribution < -0.4 is 10.6 Å². The normalized spacial score (nSPS) is 21.2. The number of benzene rings is 1. The molecular weight excluding hydrogens is 266 g/mol. The Bertz CT molecular complexity index is 490. The molecule has 1 aromatic rings. The van der Waals surface area contributed by atoms with Gasteiger partial charge < -0.3 is 10.6 Å². The fraction of sp³-hybridized carbons (Fsp3) is 0.625. The second-order valence-corrected chi connectivity index (χ2v) is 5.93. The Morgan fingerprint density at radius 1 is 1.29 bits per heavy atom. The van der Waals surface area contributed by atoms with Gasteiger partial charge in [0.15, 0.2) is 0 Å². The van der Waals surface area contributed by atoms with Crippen LogP contribution in [-0.4, -0.2) is 18.0 Å². The maximum atomic E-state index is 11.4.